The van der Waals surface area contributed by atoms with Crippen molar-refractivity contribution in [3.63, 3.8) is 0 Å². The zero-order valence-corrected chi connectivity index (χ0v) is 11.4. The highest BCUT2D eigenvalue weighted by Crippen LogP contribution is 2.38. The van der Waals surface area contributed by atoms with Gasteiger partial charge in [0.05, 0.1) is 17.2 Å². The van der Waals surface area contributed by atoms with Crippen molar-refractivity contribution in [2.75, 3.05) is 7.11 Å². The molecule has 0 saturated heterocycles. The fourth-order valence-corrected chi connectivity index (χ4v) is 2.91. The molecule has 1 aromatic rings. The monoisotopic (exact) mass is 297 g/mol. The van der Waals surface area contributed by atoms with Crippen LogP contribution in [-0.4, -0.2) is 24.7 Å². The van der Waals surface area contributed by atoms with Crippen LogP contribution in [-0.2, 0) is 14.4 Å². The van der Waals surface area contributed by atoms with Crippen LogP contribution < -0.4 is 0 Å². The number of halogens is 2. The van der Waals surface area contributed by atoms with Crippen molar-refractivity contribution in [3.8, 4) is 0 Å². The van der Waals surface area contributed by atoms with Gasteiger partial charge >= 0.3 is 0 Å². The lowest BCUT2D eigenvalue weighted by molar-refractivity contribution is -0.124. The number of nitrogens with zero attached hydrogens (tertiary/aromatic N) is 1. The number of benzene rings is 1. The summed E-state index contributed by atoms with van der Waals surface area (Å²) >= 11 is 12.3. The van der Waals surface area contributed by atoms with Crippen LogP contribution in [0.25, 0.3) is 0 Å². The minimum atomic E-state index is -0.669. The average molecular weight is 298 g/mol. The summed E-state index contributed by atoms with van der Waals surface area (Å²) < 4.78 is 5.22. The van der Waals surface area contributed by atoms with E-state index in [1.165, 1.54) is 13.2 Å². The van der Waals surface area contributed by atoms with Crippen molar-refractivity contribution >= 4 is 34.7 Å². The van der Waals surface area contributed by atoms with E-state index in [9.17, 15) is 4.79 Å². The molecule has 1 heterocycles. The van der Waals surface area contributed by atoms with E-state index < -0.39 is 6.10 Å². The second-order valence-electron chi connectivity index (χ2n) is 4.23. The first-order valence-corrected chi connectivity index (χ1v) is 6.36. The molecule has 0 spiro atoms. The van der Waals surface area contributed by atoms with Gasteiger partial charge in [0, 0.05) is 11.6 Å². The summed E-state index contributed by atoms with van der Waals surface area (Å²) in [4.78, 5) is 16.9. The largest absolute Gasteiger partial charge is 0.500 e. The molecule has 0 fully saturated rings. The molecule has 1 aliphatic carbocycles. The maximum Gasteiger partial charge on any atom is 0.204 e. The standard InChI is InChI=1S/C13H9Cl2NO3/c1-18-9-5-8(17)13-11(9)12(16-19-13)10-6(14)3-2-4-7(10)15/h2-5,11,13H,1H3. The van der Waals surface area contributed by atoms with Crippen LogP contribution in [0, 0.1) is 5.92 Å². The molecule has 0 radical (unpaired) electrons. The van der Waals surface area contributed by atoms with Crippen molar-refractivity contribution in [1.82, 2.24) is 0 Å². The minimum absolute atomic E-state index is 0.163. The lowest BCUT2D eigenvalue weighted by Crippen LogP contribution is -2.26. The van der Waals surface area contributed by atoms with Crippen molar-refractivity contribution < 1.29 is 14.4 Å². The molecule has 19 heavy (non-hydrogen) atoms. The van der Waals surface area contributed by atoms with Gasteiger partial charge in [-0.1, -0.05) is 34.4 Å². The van der Waals surface area contributed by atoms with Gasteiger partial charge in [0.15, 0.2) is 0 Å². The van der Waals surface area contributed by atoms with Crippen LogP contribution in [0.5, 0.6) is 0 Å². The number of hydrogen-bond donors (Lipinski definition) is 0. The van der Waals surface area contributed by atoms with E-state index in [0.717, 1.165) is 0 Å². The average Bonchev–Trinajstić information content (AvgIpc) is 2.92. The molecular formula is C13H9Cl2NO3. The summed E-state index contributed by atoms with van der Waals surface area (Å²) in [5.41, 5.74) is 1.11. The molecule has 2 aliphatic rings. The van der Waals surface area contributed by atoms with Crippen LogP contribution in [0.2, 0.25) is 10.0 Å². The quantitative estimate of drug-likeness (QED) is 0.843. The van der Waals surface area contributed by atoms with Crippen LogP contribution in [0.15, 0.2) is 35.2 Å². The fraction of sp³-hybridized carbons (Fsp3) is 0.231. The van der Waals surface area contributed by atoms with Crippen molar-refractivity contribution in [1.29, 1.82) is 0 Å². The number of ketones is 1. The molecule has 1 aliphatic heterocycles. The van der Waals surface area contributed by atoms with E-state index in [0.29, 0.717) is 27.1 Å². The van der Waals surface area contributed by atoms with Crippen LogP contribution in [0.1, 0.15) is 5.56 Å². The van der Waals surface area contributed by atoms with E-state index in [2.05, 4.69) is 5.16 Å². The Bertz CT molecular complexity index is 604. The third-order valence-electron chi connectivity index (χ3n) is 3.19. The smallest absolute Gasteiger partial charge is 0.204 e. The molecule has 6 heteroatoms. The highest BCUT2D eigenvalue weighted by molar-refractivity contribution is 6.40. The molecule has 98 valence electrons. The van der Waals surface area contributed by atoms with E-state index in [-0.39, 0.29) is 11.7 Å². The topological polar surface area (TPSA) is 47.9 Å². The van der Waals surface area contributed by atoms with Gasteiger partial charge in [0.1, 0.15) is 17.4 Å². The predicted octanol–water partition coefficient (Wildman–Crippen LogP) is 2.83. The molecule has 0 saturated carbocycles. The Morgan fingerprint density at radius 1 is 1.32 bits per heavy atom. The summed E-state index contributed by atoms with van der Waals surface area (Å²) in [6.07, 6.45) is 0.756. The Morgan fingerprint density at radius 2 is 2.00 bits per heavy atom. The maximum absolute atomic E-state index is 11.8. The Labute approximate surface area is 119 Å². The van der Waals surface area contributed by atoms with Crippen LogP contribution >= 0.6 is 23.2 Å². The predicted molar refractivity (Wildman–Crippen MR) is 71.5 cm³/mol. The normalized spacial score (nSPS) is 24.7. The number of methoxy groups -OCH3 is 1. The Balaban J connectivity index is 2.08. The molecule has 2 atom stereocenters. The summed E-state index contributed by atoms with van der Waals surface area (Å²) in [6, 6.07) is 5.17. The van der Waals surface area contributed by atoms with Gasteiger partial charge in [-0.05, 0) is 12.1 Å². The lowest BCUT2D eigenvalue weighted by Gasteiger charge is -2.14. The third kappa shape index (κ3) is 1.83. The molecule has 2 unspecified atom stereocenters. The lowest BCUT2D eigenvalue weighted by atomic mass is 9.93. The molecule has 0 N–H and O–H groups in total. The summed E-state index contributed by atoms with van der Waals surface area (Å²) in [5, 5.41) is 4.89. The molecule has 0 amide bonds. The van der Waals surface area contributed by atoms with Gasteiger partial charge in [-0.25, -0.2) is 0 Å². The zero-order chi connectivity index (χ0) is 13.6. The third-order valence-corrected chi connectivity index (χ3v) is 3.82. The number of ether oxygens (including phenoxy) is 1. The summed E-state index contributed by atoms with van der Waals surface area (Å²) in [6.45, 7) is 0. The maximum atomic E-state index is 11.8. The van der Waals surface area contributed by atoms with E-state index in [1.807, 2.05) is 0 Å². The minimum Gasteiger partial charge on any atom is -0.500 e. The Kier molecular flexibility index (Phi) is 2.99. The van der Waals surface area contributed by atoms with Gasteiger partial charge in [-0.2, -0.15) is 0 Å². The first-order valence-electron chi connectivity index (χ1n) is 5.61. The van der Waals surface area contributed by atoms with Gasteiger partial charge in [0.25, 0.3) is 0 Å². The molecule has 3 rings (SSSR count). The first-order chi connectivity index (χ1) is 9.13. The first kappa shape index (κ1) is 12.5. The zero-order valence-electron chi connectivity index (χ0n) is 9.89. The number of oxime groups is 1. The van der Waals surface area contributed by atoms with E-state index in [4.69, 9.17) is 32.8 Å². The second-order valence-corrected chi connectivity index (χ2v) is 5.04. The molecule has 0 bridgehead atoms. The van der Waals surface area contributed by atoms with E-state index >= 15 is 0 Å². The van der Waals surface area contributed by atoms with Crippen molar-refractivity contribution in [2.45, 2.75) is 6.10 Å². The number of hydrogen-bond acceptors (Lipinski definition) is 4. The van der Waals surface area contributed by atoms with Gasteiger partial charge in [-0.15, -0.1) is 0 Å². The summed E-state index contributed by atoms with van der Waals surface area (Å²) in [7, 11) is 1.51. The Hall–Kier alpha value is -1.52. The van der Waals surface area contributed by atoms with Crippen molar-refractivity contribution in [3.05, 3.63) is 45.6 Å². The van der Waals surface area contributed by atoms with Gasteiger partial charge < -0.3 is 9.57 Å². The summed E-state index contributed by atoms with van der Waals surface area (Å²) in [5.74, 6) is -0.0269. The highest BCUT2D eigenvalue weighted by atomic mass is 35.5. The van der Waals surface area contributed by atoms with Gasteiger partial charge in [-0.3, -0.25) is 4.79 Å². The number of fused-ring (bicyclic) bond motifs is 1. The Morgan fingerprint density at radius 3 is 2.63 bits per heavy atom. The SMILES string of the molecule is COC1=CC(=O)C2ON=C(c3c(Cl)cccc3Cl)C12. The van der Waals surface area contributed by atoms with Crippen molar-refractivity contribution in [2.24, 2.45) is 11.1 Å². The molecule has 4 nitrogen and oxygen atoms in total. The van der Waals surface area contributed by atoms with Gasteiger partial charge in [0.2, 0.25) is 11.9 Å². The number of carbonyl (C=O) groups excluding carboxylic acids is 1. The molecule has 0 aromatic heterocycles. The number of rotatable bonds is 2. The highest BCUT2D eigenvalue weighted by Gasteiger charge is 2.48. The molecule has 1 aromatic carbocycles. The van der Waals surface area contributed by atoms with Crippen LogP contribution in [0.3, 0.4) is 0 Å². The fourth-order valence-electron chi connectivity index (χ4n) is 2.32. The number of carbonyl (C=O) groups is 1. The van der Waals surface area contributed by atoms with Crippen LogP contribution in [0.4, 0.5) is 0 Å². The second kappa shape index (κ2) is 4.54. The molecular weight excluding hydrogens is 289 g/mol. The van der Waals surface area contributed by atoms with E-state index in [1.54, 1.807) is 18.2 Å².